The summed E-state index contributed by atoms with van der Waals surface area (Å²) in [6, 6.07) is 0.420. The molecule has 6 nitrogen and oxygen atoms in total. The number of anilines is 2. The molecule has 118 valence electrons. The second-order valence-electron chi connectivity index (χ2n) is 5.32. The minimum absolute atomic E-state index is 0.242. The number of nitrogens with zero attached hydrogens (tertiary/aromatic N) is 2. The van der Waals surface area contributed by atoms with Gasteiger partial charge < -0.3 is 15.8 Å². The summed E-state index contributed by atoms with van der Waals surface area (Å²) in [5.74, 6) is -0.163. The van der Waals surface area contributed by atoms with Crippen molar-refractivity contribution in [3.63, 3.8) is 0 Å². The Morgan fingerprint density at radius 2 is 2.19 bits per heavy atom. The Morgan fingerprint density at radius 1 is 1.48 bits per heavy atom. The van der Waals surface area contributed by atoms with Gasteiger partial charge in [0.15, 0.2) is 5.82 Å². The Kier molecular flexibility index (Phi) is 5.81. The normalized spacial score (nSPS) is 17.4. The molecule has 1 unspecified atom stereocenters. The van der Waals surface area contributed by atoms with E-state index >= 15 is 0 Å². The van der Waals surface area contributed by atoms with Crippen LogP contribution < -0.4 is 11.1 Å². The number of aromatic nitrogens is 1. The Morgan fingerprint density at radius 3 is 2.86 bits per heavy atom. The van der Waals surface area contributed by atoms with Gasteiger partial charge in [-0.05, 0) is 51.3 Å². The van der Waals surface area contributed by atoms with E-state index in [2.05, 4.69) is 21.5 Å². The molecule has 3 N–H and O–H groups in total. The third-order valence-corrected chi connectivity index (χ3v) is 4.59. The van der Waals surface area contributed by atoms with Crippen LogP contribution in [0.15, 0.2) is 0 Å². The second kappa shape index (κ2) is 7.61. The Bertz CT molecular complexity index is 472. The van der Waals surface area contributed by atoms with Gasteiger partial charge in [0.1, 0.15) is 10.6 Å². The minimum Gasteiger partial charge on any atom is -0.462 e. The molecule has 0 aliphatic carbocycles. The number of piperidine rings is 1. The van der Waals surface area contributed by atoms with Crippen molar-refractivity contribution < 1.29 is 9.53 Å². The Balaban J connectivity index is 1.95. The van der Waals surface area contributed by atoms with Crippen LogP contribution in [-0.4, -0.2) is 47.5 Å². The molecule has 21 heavy (non-hydrogen) atoms. The van der Waals surface area contributed by atoms with E-state index in [1.807, 2.05) is 0 Å². The van der Waals surface area contributed by atoms with Crippen LogP contribution in [0.4, 0.5) is 10.8 Å². The molecule has 1 fully saturated rings. The summed E-state index contributed by atoms with van der Waals surface area (Å²) in [6.07, 6.45) is 3.87. The maximum Gasteiger partial charge on any atom is 0.344 e. The predicted octanol–water partition coefficient (Wildman–Crippen LogP) is 2.19. The zero-order valence-corrected chi connectivity index (χ0v) is 13.5. The minimum atomic E-state index is -0.406. The molecule has 0 aromatic carbocycles. The molecule has 1 aromatic rings. The summed E-state index contributed by atoms with van der Waals surface area (Å²) >= 11 is 1.21. The van der Waals surface area contributed by atoms with E-state index in [1.165, 1.54) is 30.8 Å². The number of hydrogen-bond donors (Lipinski definition) is 2. The lowest BCUT2D eigenvalue weighted by atomic mass is 10.1. The van der Waals surface area contributed by atoms with Crippen LogP contribution >= 0.6 is 11.5 Å². The van der Waals surface area contributed by atoms with Crippen molar-refractivity contribution >= 4 is 28.3 Å². The van der Waals surface area contributed by atoms with E-state index < -0.39 is 5.97 Å². The third kappa shape index (κ3) is 4.07. The number of likely N-dealkylation sites (tertiary alicyclic amines) is 1. The maximum absolute atomic E-state index is 11.9. The highest BCUT2D eigenvalue weighted by atomic mass is 32.1. The zero-order valence-electron chi connectivity index (χ0n) is 12.7. The lowest BCUT2D eigenvalue weighted by molar-refractivity contribution is 0.0529. The van der Waals surface area contributed by atoms with Crippen molar-refractivity contribution in [3.05, 3.63) is 5.56 Å². The fourth-order valence-corrected chi connectivity index (χ4v) is 3.26. The van der Waals surface area contributed by atoms with Crippen LogP contribution in [0.1, 0.15) is 43.5 Å². The molecule has 2 heterocycles. The van der Waals surface area contributed by atoms with Crippen molar-refractivity contribution in [2.24, 2.45) is 0 Å². The predicted molar refractivity (Wildman–Crippen MR) is 85.9 cm³/mol. The number of nitrogens with two attached hydrogens (primary N) is 1. The monoisotopic (exact) mass is 312 g/mol. The van der Waals surface area contributed by atoms with Gasteiger partial charge in [0.05, 0.1) is 6.61 Å². The van der Waals surface area contributed by atoms with Gasteiger partial charge in [-0.1, -0.05) is 6.42 Å². The first-order valence-corrected chi connectivity index (χ1v) is 8.31. The van der Waals surface area contributed by atoms with Gasteiger partial charge in [-0.15, -0.1) is 0 Å². The van der Waals surface area contributed by atoms with Crippen molar-refractivity contribution in [1.29, 1.82) is 0 Å². The molecule has 1 atom stereocenters. The number of carbonyl (C=O) groups excluding carboxylic acids is 1. The topological polar surface area (TPSA) is 80.5 Å². The van der Waals surface area contributed by atoms with E-state index in [4.69, 9.17) is 10.5 Å². The van der Waals surface area contributed by atoms with E-state index in [0.29, 0.717) is 23.2 Å². The van der Waals surface area contributed by atoms with E-state index in [-0.39, 0.29) is 5.82 Å². The van der Waals surface area contributed by atoms with Gasteiger partial charge >= 0.3 is 5.97 Å². The summed E-state index contributed by atoms with van der Waals surface area (Å²) in [5.41, 5.74) is 6.14. The second-order valence-corrected chi connectivity index (χ2v) is 6.09. The SMILES string of the molecule is CCOC(=O)c1c(N)nsc1NCC(C)N1CCCCC1. The smallest absolute Gasteiger partial charge is 0.344 e. The van der Waals surface area contributed by atoms with Crippen molar-refractivity contribution in [3.8, 4) is 0 Å². The molecular weight excluding hydrogens is 288 g/mol. The van der Waals surface area contributed by atoms with Crippen LogP contribution in [-0.2, 0) is 4.74 Å². The number of carbonyl (C=O) groups is 1. The molecular formula is C14H24N4O2S. The van der Waals surface area contributed by atoms with Gasteiger partial charge in [-0.25, -0.2) is 4.79 Å². The standard InChI is InChI=1S/C14H24N4O2S/c1-3-20-14(19)11-12(15)17-21-13(11)16-9-10(2)18-7-5-4-6-8-18/h10,16H,3-9H2,1-2H3,(H2,15,17). The Hall–Kier alpha value is -1.34. The quantitative estimate of drug-likeness (QED) is 0.784. The van der Waals surface area contributed by atoms with Crippen LogP contribution in [0.3, 0.4) is 0 Å². The number of esters is 1. The number of ether oxygens (including phenoxy) is 1. The van der Waals surface area contributed by atoms with Crippen molar-refractivity contribution in [2.45, 2.75) is 39.2 Å². The van der Waals surface area contributed by atoms with Crippen LogP contribution in [0.2, 0.25) is 0 Å². The molecule has 1 aromatic heterocycles. The molecule has 7 heteroatoms. The molecule has 1 aliphatic rings. The molecule has 0 bridgehead atoms. The average Bonchev–Trinajstić information content (AvgIpc) is 2.87. The molecule has 2 rings (SSSR count). The number of hydrogen-bond acceptors (Lipinski definition) is 7. The number of nitrogens with one attached hydrogen (secondary N) is 1. The maximum atomic E-state index is 11.9. The molecule has 0 radical (unpaired) electrons. The highest BCUT2D eigenvalue weighted by Crippen LogP contribution is 2.27. The van der Waals surface area contributed by atoms with E-state index in [9.17, 15) is 4.79 Å². The first-order chi connectivity index (χ1) is 10.1. The number of rotatable bonds is 6. The summed E-state index contributed by atoms with van der Waals surface area (Å²) in [6.45, 7) is 7.38. The average molecular weight is 312 g/mol. The highest BCUT2D eigenvalue weighted by Gasteiger charge is 2.22. The largest absolute Gasteiger partial charge is 0.462 e. The van der Waals surface area contributed by atoms with Crippen LogP contribution in [0.25, 0.3) is 0 Å². The van der Waals surface area contributed by atoms with Crippen molar-refractivity contribution in [1.82, 2.24) is 9.27 Å². The van der Waals surface area contributed by atoms with Gasteiger partial charge in [0.2, 0.25) is 0 Å². The third-order valence-electron chi connectivity index (χ3n) is 3.77. The molecule has 0 saturated carbocycles. The van der Waals surface area contributed by atoms with Gasteiger partial charge in [0.25, 0.3) is 0 Å². The summed E-state index contributed by atoms with van der Waals surface area (Å²) in [7, 11) is 0. The van der Waals surface area contributed by atoms with E-state index in [0.717, 1.165) is 19.6 Å². The van der Waals surface area contributed by atoms with Gasteiger partial charge in [-0.2, -0.15) is 4.37 Å². The summed E-state index contributed by atoms with van der Waals surface area (Å²) in [5, 5.41) is 4.01. The Labute approximate surface area is 129 Å². The number of nitrogen functional groups attached to an aromatic ring is 1. The van der Waals surface area contributed by atoms with Gasteiger partial charge in [-0.3, -0.25) is 4.90 Å². The summed E-state index contributed by atoms with van der Waals surface area (Å²) < 4.78 is 9.08. The highest BCUT2D eigenvalue weighted by molar-refractivity contribution is 7.11. The fourth-order valence-electron chi connectivity index (χ4n) is 2.55. The molecule has 1 aliphatic heterocycles. The van der Waals surface area contributed by atoms with E-state index in [1.54, 1.807) is 6.92 Å². The van der Waals surface area contributed by atoms with Gasteiger partial charge in [0, 0.05) is 12.6 Å². The molecule has 0 spiro atoms. The summed E-state index contributed by atoms with van der Waals surface area (Å²) in [4.78, 5) is 14.4. The van der Waals surface area contributed by atoms with Crippen LogP contribution in [0, 0.1) is 0 Å². The van der Waals surface area contributed by atoms with Crippen LogP contribution in [0.5, 0.6) is 0 Å². The first-order valence-electron chi connectivity index (χ1n) is 7.53. The molecule has 0 amide bonds. The first kappa shape index (κ1) is 16.0. The van der Waals surface area contributed by atoms with Crippen molar-refractivity contribution in [2.75, 3.05) is 37.3 Å². The lowest BCUT2D eigenvalue weighted by Crippen LogP contribution is -2.41. The fraction of sp³-hybridized carbons (Fsp3) is 0.714. The molecule has 1 saturated heterocycles. The lowest BCUT2D eigenvalue weighted by Gasteiger charge is -2.32. The zero-order chi connectivity index (χ0) is 15.2.